The van der Waals surface area contributed by atoms with E-state index in [-0.39, 0.29) is 11.3 Å². The number of ether oxygens (including phenoxy) is 3. The lowest BCUT2D eigenvalue weighted by molar-refractivity contribution is -0.150. The number of rotatable bonds is 4. The first-order valence-corrected chi connectivity index (χ1v) is 6.80. The molecule has 1 aromatic carbocycles. The Labute approximate surface area is 131 Å². The fourth-order valence-electron chi connectivity index (χ4n) is 2.21. The van der Waals surface area contributed by atoms with Gasteiger partial charge < -0.3 is 14.2 Å². The lowest BCUT2D eigenvalue weighted by Gasteiger charge is -2.30. The van der Waals surface area contributed by atoms with Crippen LogP contribution < -0.4 is 0 Å². The fraction of sp³-hybridized carbons (Fsp3) is 0.286. The van der Waals surface area contributed by atoms with Crippen LogP contribution in [0.4, 0.5) is 0 Å². The first kappa shape index (κ1) is 15.7. The molecule has 1 atom stereocenters. The van der Waals surface area contributed by atoms with Gasteiger partial charge in [0.15, 0.2) is 4.84 Å². The standard InChI is InChI=1S/C14H12Cl2O5/c1-19-10-9(11(17)20-2)14(13(15)16,21-12(10)18)8-6-4-3-5-7-8/h3-7,13H,1-2H3. The van der Waals surface area contributed by atoms with Gasteiger partial charge in [-0.05, 0) is 0 Å². The number of cyclic esters (lactones) is 1. The van der Waals surface area contributed by atoms with Crippen LogP contribution in [0.2, 0.25) is 0 Å². The first-order valence-electron chi connectivity index (χ1n) is 5.93. The second-order valence-electron chi connectivity index (χ2n) is 4.19. The third-order valence-electron chi connectivity index (χ3n) is 3.14. The van der Waals surface area contributed by atoms with E-state index in [1.807, 2.05) is 0 Å². The summed E-state index contributed by atoms with van der Waals surface area (Å²) < 4.78 is 15.0. The number of carbonyl (C=O) groups is 2. The van der Waals surface area contributed by atoms with Gasteiger partial charge in [0.25, 0.3) is 0 Å². The van der Waals surface area contributed by atoms with Gasteiger partial charge in [0, 0.05) is 5.56 Å². The zero-order chi connectivity index (χ0) is 15.6. The lowest BCUT2D eigenvalue weighted by atomic mass is 9.87. The quantitative estimate of drug-likeness (QED) is 0.626. The Bertz CT molecular complexity index is 597. The van der Waals surface area contributed by atoms with Crippen LogP contribution >= 0.6 is 23.2 Å². The van der Waals surface area contributed by atoms with E-state index in [2.05, 4.69) is 0 Å². The number of alkyl halides is 2. The molecule has 0 aliphatic carbocycles. The minimum atomic E-state index is -1.67. The van der Waals surface area contributed by atoms with Crippen LogP contribution in [0.15, 0.2) is 41.7 Å². The maximum absolute atomic E-state index is 12.1. The predicted octanol–water partition coefficient (Wildman–Crippen LogP) is 2.32. The molecule has 0 N–H and O–H groups in total. The molecule has 1 aliphatic rings. The second-order valence-corrected chi connectivity index (χ2v) is 5.29. The smallest absolute Gasteiger partial charge is 0.375 e. The highest BCUT2D eigenvalue weighted by molar-refractivity contribution is 6.45. The third kappa shape index (κ3) is 2.36. The molecule has 0 saturated carbocycles. The van der Waals surface area contributed by atoms with Crippen molar-refractivity contribution in [1.82, 2.24) is 0 Å². The highest BCUT2D eigenvalue weighted by Crippen LogP contribution is 2.48. The third-order valence-corrected chi connectivity index (χ3v) is 3.76. The van der Waals surface area contributed by atoms with Gasteiger partial charge in [-0.1, -0.05) is 30.3 Å². The van der Waals surface area contributed by atoms with Crippen LogP contribution in [0.5, 0.6) is 0 Å². The molecule has 5 nitrogen and oxygen atoms in total. The SMILES string of the molecule is COC(=O)C1=C(OC)C(=O)OC1(c1ccccc1)C(Cl)Cl. The summed E-state index contributed by atoms with van der Waals surface area (Å²) in [6.07, 6.45) is 0. The van der Waals surface area contributed by atoms with Crippen molar-refractivity contribution in [2.45, 2.75) is 10.4 Å². The van der Waals surface area contributed by atoms with E-state index < -0.39 is 22.4 Å². The molecule has 112 valence electrons. The van der Waals surface area contributed by atoms with E-state index in [9.17, 15) is 9.59 Å². The topological polar surface area (TPSA) is 61.8 Å². The molecule has 7 heteroatoms. The zero-order valence-electron chi connectivity index (χ0n) is 11.3. The highest BCUT2D eigenvalue weighted by Gasteiger charge is 2.58. The summed E-state index contributed by atoms with van der Waals surface area (Å²) in [5.41, 5.74) is -1.38. The molecule has 0 amide bonds. The van der Waals surface area contributed by atoms with Gasteiger partial charge >= 0.3 is 11.9 Å². The zero-order valence-corrected chi connectivity index (χ0v) is 12.8. The Kier molecular flexibility index (Phi) is 4.44. The van der Waals surface area contributed by atoms with Gasteiger partial charge in [0.2, 0.25) is 11.4 Å². The van der Waals surface area contributed by atoms with Crippen molar-refractivity contribution in [1.29, 1.82) is 0 Å². The molecule has 21 heavy (non-hydrogen) atoms. The van der Waals surface area contributed by atoms with Crippen molar-refractivity contribution in [3.63, 3.8) is 0 Å². The minimum Gasteiger partial charge on any atom is -0.489 e. The number of esters is 2. The number of carbonyl (C=O) groups excluding carboxylic acids is 2. The normalized spacial score (nSPS) is 21.5. The Hall–Kier alpha value is -1.72. The molecule has 0 aromatic heterocycles. The van der Waals surface area contributed by atoms with Crippen molar-refractivity contribution in [2.75, 3.05) is 14.2 Å². The Morgan fingerprint density at radius 2 is 1.86 bits per heavy atom. The van der Waals surface area contributed by atoms with Crippen molar-refractivity contribution in [2.24, 2.45) is 0 Å². The molecule has 0 spiro atoms. The maximum atomic E-state index is 12.1. The van der Waals surface area contributed by atoms with Gasteiger partial charge in [-0.25, -0.2) is 9.59 Å². The van der Waals surface area contributed by atoms with Gasteiger partial charge in [-0.2, -0.15) is 0 Å². The second kappa shape index (κ2) is 5.95. The molecule has 0 bridgehead atoms. The van der Waals surface area contributed by atoms with Crippen LogP contribution in [-0.2, 0) is 29.4 Å². The molecule has 0 saturated heterocycles. The Balaban J connectivity index is 2.74. The molecule has 1 aliphatic heterocycles. The van der Waals surface area contributed by atoms with Crippen LogP contribution in [0, 0.1) is 0 Å². The molecule has 2 rings (SSSR count). The van der Waals surface area contributed by atoms with E-state index in [1.165, 1.54) is 14.2 Å². The molecule has 0 radical (unpaired) electrons. The van der Waals surface area contributed by atoms with Gasteiger partial charge in [-0.3, -0.25) is 0 Å². The van der Waals surface area contributed by atoms with Gasteiger partial charge in [0.1, 0.15) is 5.57 Å². The number of halogens is 2. The van der Waals surface area contributed by atoms with E-state index >= 15 is 0 Å². The number of benzene rings is 1. The summed E-state index contributed by atoms with van der Waals surface area (Å²) in [6.45, 7) is 0. The molecular weight excluding hydrogens is 319 g/mol. The van der Waals surface area contributed by atoms with Gasteiger partial charge in [0.05, 0.1) is 14.2 Å². The number of hydrogen-bond donors (Lipinski definition) is 0. The summed E-state index contributed by atoms with van der Waals surface area (Å²) in [4.78, 5) is 22.9. The van der Waals surface area contributed by atoms with Crippen LogP contribution in [0.3, 0.4) is 0 Å². The largest absolute Gasteiger partial charge is 0.489 e. The predicted molar refractivity (Wildman–Crippen MR) is 75.8 cm³/mol. The van der Waals surface area contributed by atoms with Crippen molar-refractivity contribution >= 4 is 35.1 Å². The van der Waals surface area contributed by atoms with Crippen molar-refractivity contribution < 1.29 is 23.8 Å². The Morgan fingerprint density at radius 1 is 1.24 bits per heavy atom. The summed E-state index contributed by atoms with van der Waals surface area (Å²) in [6, 6.07) is 8.48. The Morgan fingerprint density at radius 3 is 2.33 bits per heavy atom. The van der Waals surface area contributed by atoms with Crippen molar-refractivity contribution in [3.05, 3.63) is 47.2 Å². The molecule has 1 unspecified atom stereocenters. The summed E-state index contributed by atoms with van der Waals surface area (Å²) in [5.74, 6) is -1.89. The first-order chi connectivity index (χ1) is 9.98. The van der Waals surface area contributed by atoms with Crippen LogP contribution in [0.1, 0.15) is 5.56 Å². The average Bonchev–Trinajstić information content (AvgIpc) is 2.81. The maximum Gasteiger partial charge on any atom is 0.375 e. The van der Waals surface area contributed by atoms with Crippen LogP contribution in [0.25, 0.3) is 0 Å². The minimum absolute atomic E-state index is 0.154. The summed E-state index contributed by atoms with van der Waals surface area (Å²) in [5, 5.41) is 0. The molecule has 1 heterocycles. The highest BCUT2D eigenvalue weighted by atomic mass is 35.5. The van der Waals surface area contributed by atoms with E-state index in [4.69, 9.17) is 37.4 Å². The number of hydrogen-bond acceptors (Lipinski definition) is 5. The van der Waals surface area contributed by atoms with Crippen molar-refractivity contribution in [3.8, 4) is 0 Å². The van der Waals surface area contributed by atoms with Gasteiger partial charge in [-0.15, -0.1) is 23.2 Å². The lowest BCUT2D eigenvalue weighted by Crippen LogP contribution is -2.39. The fourth-order valence-corrected chi connectivity index (χ4v) is 2.77. The monoisotopic (exact) mass is 330 g/mol. The molecule has 1 aromatic rings. The summed E-state index contributed by atoms with van der Waals surface area (Å²) in [7, 11) is 2.43. The van der Waals surface area contributed by atoms with E-state index in [1.54, 1.807) is 30.3 Å². The van der Waals surface area contributed by atoms with E-state index in [0.717, 1.165) is 0 Å². The average molecular weight is 331 g/mol. The molecular formula is C14H12Cl2O5. The van der Waals surface area contributed by atoms with E-state index in [0.29, 0.717) is 5.56 Å². The summed E-state index contributed by atoms with van der Waals surface area (Å²) >= 11 is 12.1. The number of methoxy groups -OCH3 is 2. The van der Waals surface area contributed by atoms with Crippen LogP contribution in [-0.4, -0.2) is 31.0 Å². The molecule has 0 fully saturated rings.